The van der Waals surface area contributed by atoms with Crippen molar-refractivity contribution in [3.05, 3.63) is 60.2 Å². The Morgan fingerprint density at radius 1 is 0.964 bits per heavy atom. The first-order valence-corrected chi connectivity index (χ1v) is 9.29. The van der Waals surface area contributed by atoms with Crippen LogP contribution in [0.3, 0.4) is 0 Å². The minimum Gasteiger partial charge on any atom is -0.441 e. The molecular weight excluding hydrogens is 360 g/mol. The van der Waals surface area contributed by atoms with Crippen LogP contribution in [-0.4, -0.2) is 51.0 Å². The van der Waals surface area contributed by atoms with Crippen molar-refractivity contribution >= 4 is 23.4 Å². The molecule has 1 unspecified atom stereocenters. The Bertz CT molecular complexity index is 824. The van der Waals surface area contributed by atoms with Gasteiger partial charge in [0.2, 0.25) is 0 Å². The van der Waals surface area contributed by atoms with Gasteiger partial charge in [0.15, 0.2) is 0 Å². The summed E-state index contributed by atoms with van der Waals surface area (Å²) in [6.45, 7) is 2.42. The van der Waals surface area contributed by atoms with Gasteiger partial charge in [-0.05, 0) is 29.8 Å². The topological polar surface area (TPSA) is 68.3 Å². The van der Waals surface area contributed by atoms with Gasteiger partial charge >= 0.3 is 6.09 Å². The van der Waals surface area contributed by atoms with Crippen LogP contribution in [0.5, 0.6) is 0 Å². The standard InChI is InChI=1S/C21H22N2O5/c24-20-15-26-11-10-22(20)17-6-8-18(9-7-17)23-12-19(28-21(23)25)14-27-13-16-4-2-1-3-5-16/h1-9,19H,10-15H2. The predicted molar refractivity (Wildman–Crippen MR) is 103 cm³/mol. The minimum atomic E-state index is -0.386. The van der Waals surface area contributed by atoms with Crippen molar-refractivity contribution in [3.8, 4) is 0 Å². The molecule has 4 rings (SSSR count). The highest BCUT2D eigenvalue weighted by atomic mass is 16.6. The van der Waals surface area contributed by atoms with Gasteiger partial charge in [-0.2, -0.15) is 0 Å². The summed E-state index contributed by atoms with van der Waals surface area (Å²) in [7, 11) is 0. The third-order valence-corrected chi connectivity index (χ3v) is 4.75. The third kappa shape index (κ3) is 4.16. The van der Waals surface area contributed by atoms with Crippen LogP contribution in [0.25, 0.3) is 0 Å². The highest BCUT2D eigenvalue weighted by Gasteiger charge is 2.32. The lowest BCUT2D eigenvalue weighted by Gasteiger charge is -2.27. The number of anilines is 2. The van der Waals surface area contributed by atoms with E-state index in [4.69, 9.17) is 14.2 Å². The normalized spacial score (nSPS) is 19.8. The Hall–Kier alpha value is -2.90. The average molecular weight is 382 g/mol. The molecule has 2 aliphatic rings. The summed E-state index contributed by atoms with van der Waals surface area (Å²) in [5.41, 5.74) is 2.62. The molecule has 28 heavy (non-hydrogen) atoms. The van der Waals surface area contributed by atoms with E-state index in [9.17, 15) is 9.59 Å². The van der Waals surface area contributed by atoms with Crippen LogP contribution in [0.1, 0.15) is 5.56 Å². The summed E-state index contributed by atoms with van der Waals surface area (Å²) < 4.78 is 16.2. The van der Waals surface area contributed by atoms with E-state index in [1.165, 1.54) is 0 Å². The molecule has 2 aliphatic heterocycles. The summed E-state index contributed by atoms with van der Waals surface area (Å²) in [5.74, 6) is -0.0600. The molecule has 2 aromatic carbocycles. The van der Waals surface area contributed by atoms with E-state index in [0.29, 0.717) is 32.9 Å². The van der Waals surface area contributed by atoms with Crippen molar-refractivity contribution in [2.24, 2.45) is 0 Å². The molecule has 146 valence electrons. The van der Waals surface area contributed by atoms with Gasteiger partial charge in [-0.3, -0.25) is 9.69 Å². The van der Waals surface area contributed by atoms with E-state index in [2.05, 4.69) is 0 Å². The first-order valence-electron chi connectivity index (χ1n) is 9.29. The smallest absolute Gasteiger partial charge is 0.414 e. The molecule has 0 radical (unpaired) electrons. The summed E-state index contributed by atoms with van der Waals surface area (Å²) in [4.78, 5) is 27.4. The van der Waals surface area contributed by atoms with E-state index in [0.717, 1.165) is 16.9 Å². The van der Waals surface area contributed by atoms with Gasteiger partial charge in [0.25, 0.3) is 5.91 Å². The van der Waals surface area contributed by atoms with Crippen molar-refractivity contribution in [1.29, 1.82) is 0 Å². The Morgan fingerprint density at radius 2 is 1.68 bits per heavy atom. The summed E-state index contributed by atoms with van der Waals surface area (Å²) in [5, 5.41) is 0. The molecule has 0 aromatic heterocycles. The van der Waals surface area contributed by atoms with E-state index in [-0.39, 0.29) is 24.7 Å². The van der Waals surface area contributed by atoms with Crippen LogP contribution in [-0.2, 0) is 25.6 Å². The quantitative estimate of drug-likeness (QED) is 0.768. The highest BCUT2D eigenvalue weighted by Crippen LogP contribution is 2.25. The number of carbonyl (C=O) groups is 2. The number of amides is 2. The number of nitrogens with zero attached hydrogens (tertiary/aromatic N) is 2. The van der Waals surface area contributed by atoms with Crippen molar-refractivity contribution in [2.75, 3.05) is 42.7 Å². The number of rotatable bonds is 6. The van der Waals surface area contributed by atoms with Crippen molar-refractivity contribution < 1.29 is 23.8 Å². The van der Waals surface area contributed by atoms with E-state index < -0.39 is 0 Å². The highest BCUT2D eigenvalue weighted by molar-refractivity contribution is 5.95. The number of morpholine rings is 1. The Morgan fingerprint density at radius 3 is 2.39 bits per heavy atom. The number of hydrogen-bond acceptors (Lipinski definition) is 5. The van der Waals surface area contributed by atoms with Gasteiger partial charge < -0.3 is 19.1 Å². The van der Waals surface area contributed by atoms with E-state index in [1.54, 1.807) is 9.80 Å². The molecule has 2 saturated heterocycles. The van der Waals surface area contributed by atoms with E-state index >= 15 is 0 Å². The lowest BCUT2D eigenvalue weighted by Crippen LogP contribution is -2.41. The molecule has 2 aromatic rings. The SMILES string of the molecule is O=C1COCCN1c1ccc(N2CC(COCc3ccccc3)OC2=O)cc1. The van der Waals surface area contributed by atoms with Gasteiger partial charge in [-0.1, -0.05) is 30.3 Å². The molecule has 1 atom stereocenters. The number of ether oxygens (including phenoxy) is 3. The molecule has 7 nitrogen and oxygen atoms in total. The third-order valence-electron chi connectivity index (χ3n) is 4.75. The maximum atomic E-state index is 12.2. The second-order valence-corrected chi connectivity index (χ2v) is 6.73. The van der Waals surface area contributed by atoms with Crippen LogP contribution < -0.4 is 9.80 Å². The summed E-state index contributed by atoms with van der Waals surface area (Å²) >= 11 is 0. The number of cyclic esters (lactones) is 1. The van der Waals surface area contributed by atoms with Crippen LogP contribution in [0.2, 0.25) is 0 Å². The molecule has 0 bridgehead atoms. The van der Waals surface area contributed by atoms with Gasteiger partial charge in [0.1, 0.15) is 12.7 Å². The van der Waals surface area contributed by atoms with Crippen LogP contribution >= 0.6 is 0 Å². The van der Waals surface area contributed by atoms with Gasteiger partial charge in [0.05, 0.1) is 26.4 Å². The molecule has 0 saturated carbocycles. The zero-order chi connectivity index (χ0) is 19.3. The van der Waals surface area contributed by atoms with E-state index in [1.807, 2.05) is 54.6 Å². The monoisotopic (exact) mass is 382 g/mol. The molecule has 2 fully saturated rings. The van der Waals surface area contributed by atoms with Gasteiger partial charge in [0, 0.05) is 17.9 Å². The first kappa shape index (κ1) is 18.5. The number of hydrogen-bond donors (Lipinski definition) is 0. The fourth-order valence-corrected chi connectivity index (χ4v) is 3.31. The molecule has 7 heteroatoms. The van der Waals surface area contributed by atoms with Crippen molar-refractivity contribution in [1.82, 2.24) is 0 Å². The van der Waals surface area contributed by atoms with Crippen molar-refractivity contribution in [2.45, 2.75) is 12.7 Å². The molecule has 2 heterocycles. The Labute approximate surface area is 163 Å². The maximum absolute atomic E-state index is 12.2. The van der Waals surface area contributed by atoms with Gasteiger partial charge in [-0.15, -0.1) is 0 Å². The molecule has 0 spiro atoms. The molecule has 0 N–H and O–H groups in total. The Kier molecular flexibility index (Phi) is 5.55. The molecular formula is C21H22N2O5. The Balaban J connectivity index is 1.33. The fourth-order valence-electron chi connectivity index (χ4n) is 3.31. The van der Waals surface area contributed by atoms with Crippen molar-refractivity contribution in [3.63, 3.8) is 0 Å². The lowest BCUT2D eigenvalue weighted by molar-refractivity contribution is -0.125. The minimum absolute atomic E-state index is 0.0600. The maximum Gasteiger partial charge on any atom is 0.414 e. The summed E-state index contributed by atoms with van der Waals surface area (Å²) in [6, 6.07) is 17.2. The largest absolute Gasteiger partial charge is 0.441 e. The second-order valence-electron chi connectivity index (χ2n) is 6.73. The molecule has 2 amide bonds. The average Bonchev–Trinajstić information content (AvgIpc) is 3.10. The molecule has 0 aliphatic carbocycles. The van der Waals surface area contributed by atoms with Gasteiger partial charge in [-0.25, -0.2) is 4.79 Å². The second kappa shape index (κ2) is 8.41. The summed E-state index contributed by atoms with van der Waals surface area (Å²) in [6.07, 6.45) is -0.694. The predicted octanol–water partition coefficient (Wildman–Crippen LogP) is 2.59. The van der Waals surface area contributed by atoms with Crippen LogP contribution in [0, 0.1) is 0 Å². The number of benzene rings is 2. The zero-order valence-corrected chi connectivity index (χ0v) is 15.5. The fraction of sp³-hybridized carbons (Fsp3) is 0.333. The van der Waals surface area contributed by atoms with Crippen LogP contribution in [0.15, 0.2) is 54.6 Å². The zero-order valence-electron chi connectivity index (χ0n) is 15.5. The lowest BCUT2D eigenvalue weighted by atomic mass is 10.2. The van der Waals surface area contributed by atoms with Crippen LogP contribution in [0.4, 0.5) is 16.2 Å². The number of carbonyl (C=O) groups excluding carboxylic acids is 2. The first-order chi connectivity index (χ1) is 13.7.